The molecule has 0 bridgehead atoms. The maximum Gasteiger partial charge on any atom is 0.126 e. The van der Waals surface area contributed by atoms with Gasteiger partial charge in [-0.15, -0.1) is 0 Å². The summed E-state index contributed by atoms with van der Waals surface area (Å²) in [5.74, 6) is 4.01. The van der Waals surface area contributed by atoms with Gasteiger partial charge in [0.15, 0.2) is 0 Å². The van der Waals surface area contributed by atoms with Crippen molar-refractivity contribution in [1.82, 2.24) is 0 Å². The van der Waals surface area contributed by atoms with Crippen LogP contribution in [0.5, 0.6) is 23.0 Å². The molecule has 4 fully saturated rings. The van der Waals surface area contributed by atoms with Crippen LogP contribution in [0.2, 0.25) is 0 Å². The monoisotopic (exact) mass is 842 g/mol. The molecule has 0 radical (unpaired) electrons. The molecule has 0 saturated carbocycles. The van der Waals surface area contributed by atoms with Crippen molar-refractivity contribution >= 4 is 15.9 Å². The minimum atomic E-state index is 0.251. The van der Waals surface area contributed by atoms with E-state index in [0.717, 1.165) is 102 Å². The van der Waals surface area contributed by atoms with Gasteiger partial charge < -0.3 is 37.9 Å². The predicted octanol–water partition coefficient (Wildman–Crippen LogP) is 10.1. The van der Waals surface area contributed by atoms with Crippen LogP contribution in [0.1, 0.15) is 72.2 Å². The van der Waals surface area contributed by atoms with E-state index in [4.69, 9.17) is 37.9 Å². The zero-order valence-corrected chi connectivity index (χ0v) is 36.6. The van der Waals surface area contributed by atoms with Crippen LogP contribution in [0.3, 0.4) is 0 Å². The summed E-state index contributed by atoms with van der Waals surface area (Å²) in [6.07, 6.45) is 4.85. The molecule has 0 amide bonds. The molecule has 4 aliphatic heterocycles. The van der Waals surface area contributed by atoms with Gasteiger partial charge in [-0.25, -0.2) is 0 Å². The van der Waals surface area contributed by atoms with Crippen molar-refractivity contribution in [1.29, 1.82) is 0 Å². The lowest BCUT2D eigenvalue weighted by Crippen LogP contribution is -2.09. The van der Waals surface area contributed by atoms with Crippen LogP contribution >= 0.6 is 15.9 Å². The summed E-state index contributed by atoms with van der Waals surface area (Å²) in [6.45, 7) is 23.0. The van der Waals surface area contributed by atoms with Crippen LogP contribution in [0.15, 0.2) is 46.9 Å². The second-order valence-electron chi connectivity index (χ2n) is 15.7. The summed E-state index contributed by atoms with van der Waals surface area (Å²) in [4.78, 5) is 0. The highest BCUT2D eigenvalue weighted by Crippen LogP contribution is 2.41. The number of halogens is 1. The van der Waals surface area contributed by atoms with Gasteiger partial charge in [0, 0.05) is 10.0 Å². The SMILES string of the molecule is CCc1cc(-c2cc(CC)c(OCC3CO3)c(CC)c2)cc(CC)c1OCC1CO1.Cc1cc(-c2cc(C)c(OCC3CO3)c(C)c2Br)cc(C)c1OCC1CO1. The predicted molar refractivity (Wildman–Crippen MR) is 229 cm³/mol. The number of hydrogen-bond acceptors (Lipinski definition) is 8. The number of rotatable bonds is 18. The van der Waals surface area contributed by atoms with Crippen molar-refractivity contribution < 1.29 is 37.9 Å². The Morgan fingerprint density at radius 2 is 0.772 bits per heavy atom. The molecule has 8 rings (SSSR count). The van der Waals surface area contributed by atoms with Gasteiger partial charge in [0.25, 0.3) is 0 Å². The van der Waals surface area contributed by atoms with Crippen molar-refractivity contribution in [3.05, 3.63) is 91.4 Å². The molecule has 0 spiro atoms. The minimum absolute atomic E-state index is 0.251. The molecular weight excluding hydrogens is 784 g/mol. The second-order valence-corrected chi connectivity index (χ2v) is 16.5. The molecule has 4 atom stereocenters. The van der Waals surface area contributed by atoms with Gasteiger partial charge in [-0.1, -0.05) is 27.7 Å². The Bertz CT molecular complexity index is 1900. The fourth-order valence-corrected chi connectivity index (χ4v) is 7.86. The highest BCUT2D eigenvalue weighted by atomic mass is 79.9. The third-order valence-corrected chi connectivity index (χ3v) is 12.0. The van der Waals surface area contributed by atoms with Crippen molar-refractivity contribution in [3.8, 4) is 45.3 Å². The van der Waals surface area contributed by atoms with Crippen molar-refractivity contribution in [2.45, 2.75) is 105 Å². The highest BCUT2D eigenvalue weighted by molar-refractivity contribution is 9.10. The molecule has 4 aromatic rings. The van der Waals surface area contributed by atoms with E-state index in [1.54, 1.807) is 0 Å². The summed E-state index contributed by atoms with van der Waals surface area (Å²) >= 11 is 3.79. The maximum atomic E-state index is 6.18. The van der Waals surface area contributed by atoms with Gasteiger partial charge in [0.05, 0.1) is 26.4 Å². The fourth-order valence-electron chi connectivity index (χ4n) is 7.33. The van der Waals surface area contributed by atoms with E-state index >= 15 is 0 Å². The van der Waals surface area contributed by atoms with Gasteiger partial charge in [-0.2, -0.15) is 0 Å². The maximum absolute atomic E-state index is 6.18. The Hall–Kier alpha value is -3.60. The summed E-state index contributed by atoms with van der Waals surface area (Å²) in [7, 11) is 0. The molecule has 4 heterocycles. The third-order valence-electron chi connectivity index (χ3n) is 11.0. The average molecular weight is 844 g/mol. The molecule has 57 heavy (non-hydrogen) atoms. The van der Waals surface area contributed by atoms with Crippen LogP contribution < -0.4 is 18.9 Å². The van der Waals surface area contributed by atoms with Gasteiger partial charge >= 0.3 is 0 Å². The first-order chi connectivity index (χ1) is 27.6. The molecule has 0 aromatic heterocycles. The van der Waals surface area contributed by atoms with Crippen LogP contribution in [-0.4, -0.2) is 77.3 Å². The standard InChI is InChI=1S/C26H34O4.C22H25BrO4/c1-5-17-9-21(10-18(6-2)25(17)29-15-23-13-27-23)22-11-19(7-3)26(20(8-4)12-22)30-16-24-14-28-24;1-12-5-16(6-13(2)21(12)26-10-17-8-24-17)19-7-14(3)22(15(4)20(19)23)27-11-18-9-25-18/h9-12,23-24H,5-8,13-16H2,1-4H3;5-7,17-18H,8-11H2,1-4H3. The molecule has 9 heteroatoms. The van der Waals surface area contributed by atoms with Gasteiger partial charge in [-0.05, 0) is 173 Å². The van der Waals surface area contributed by atoms with E-state index in [9.17, 15) is 0 Å². The Labute approximate surface area is 347 Å². The summed E-state index contributed by atoms with van der Waals surface area (Å²) < 4.78 is 46.5. The Kier molecular flexibility index (Phi) is 13.5. The average Bonchev–Trinajstić information content (AvgIpc) is 4.01. The molecule has 306 valence electrons. The first-order valence-corrected chi connectivity index (χ1v) is 21.6. The summed E-state index contributed by atoms with van der Waals surface area (Å²) in [5, 5.41) is 0. The molecule has 4 saturated heterocycles. The Morgan fingerprint density at radius 3 is 1.11 bits per heavy atom. The van der Waals surface area contributed by atoms with E-state index in [0.29, 0.717) is 26.4 Å². The first kappa shape index (κ1) is 41.6. The molecular formula is C48H59BrO8. The molecule has 4 unspecified atom stereocenters. The molecule has 4 aromatic carbocycles. The Morgan fingerprint density at radius 1 is 0.456 bits per heavy atom. The fraction of sp³-hybridized carbons (Fsp3) is 0.500. The number of ether oxygens (including phenoxy) is 8. The molecule has 0 aliphatic carbocycles. The van der Waals surface area contributed by atoms with E-state index in [1.165, 1.54) is 44.5 Å². The third kappa shape index (κ3) is 10.5. The van der Waals surface area contributed by atoms with Crippen LogP contribution in [0.4, 0.5) is 0 Å². The Balaban J connectivity index is 0.000000175. The van der Waals surface area contributed by atoms with E-state index < -0.39 is 0 Å². The van der Waals surface area contributed by atoms with E-state index in [2.05, 4.69) is 114 Å². The molecule has 8 nitrogen and oxygen atoms in total. The van der Waals surface area contributed by atoms with Gasteiger partial charge in [0.2, 0.25) is 0 Å². The van der Waals surface area contributed by atoms with Crippen LogP contribution in [0.25, 0.3) is 22.3 Å². The number of benzene rings is 4. The lowest BCUT2D eigenvalue weighted by molar-refractivity contribution is 0.259. The number of hydrogen-bond donors (Lipinski definition) is 0. The van der Waals surface area contributed by atoms with Gasteiger partial charge in [-0.3, -0.25) is 0 Å². The summed E-state index contributed by atoms with van der Waals surface area (Å²) in [6, 6.07) is 15.8. The lowest BCUT2D eigenvalue weighted by atomic mass is 9.92. The van der Waals surface area contributed by atoms with E-state index in [1.807, 2.05) is 0 Å². The lowest BCUT2D eigenvalue weighted by Gasteiger charge is -2.19. The van der Waals surface area contributed by atoms with Gasteiger partial charge in [0.1, 0.15) is 73.8 Å². The zero-order valence-electron chi connectivity index (χ0n) is 35.0. The quantitative estimate of drug-likeness (QED) is 0.0916. The van der Waals surface area contributed by atoms with Crippen molar-refractivity contribution in [2.75, 3.05) is 52.9 Å². The smallest absolute Gasteiger partial charge is 0.126 e. The molecule has 4 aliphatic rings. The zero-order chi connectivity index (χ0) is 40.2. The topological polar surface area (TPSA) is 87.0 Å². The first-order valence-electron chi connectivity index (χ1n) is 20.8. The summed E-state index contributed by atoms with van der Waals surface area (Å²) in [5.41, 5.74) is 14.5. The number of epoxide rings is 4. The van der Waals surface area contributed by atoms with Crippen LogP contribution in [-0.2, 0) is 44.6 Å². The second kappa shape index (κ2) is 18.5. The van der Waals surface area contributed by atoms with Crippen molar-refractivity contribution in [2.24, 2.45) is 0 Å². The van der Waals surface area contributed by atoms with Crippen LogP contribution in [0, 0.1) is 27.7 Å². The minimum Gasteiger partial charge on any atom is -0.490 e. The largest absolute Gasteiger partial charge is 0.490 e. The molecule has 0 N–H and O–H groups in total. The normalized spacial score (nSPS) is 20.0. The van der Waals surface area contributed by atoms with E-state index in [-0.39, 0.29) is 24.4 Å². The van der Waals surface area contributed by atoms with Crippen molar-refractivity contribution in [3.63, 3.8) is 0 Å². The highest BCUT2D eigenvalue weighted by Gasteiger charge is 2.27. The number of aryl methyl sites for hydroxylation is 7.